The van der Waals surface area contributed by atoms with Crippen LogP contribution in [-0.2, 0) is 0 Å². The van der Waals surface area contributed by atoms with E-state index in [1.165, 1.54) is 30.0 Å². The fourth-order valence-corrected chi connectivity index (χ4v) is 2.48. The molecule has 2 aromatic carbocycles. The monoisotopic (exact) mass is 285 g/mol. The molecule has 2 aromatic rings. The Morgan fingerprint density at radius 1 is 0.905 bits per heavy atom. The number of benzene rings is 2. The summed E-state index contributed by atoms with van der Waals surface area (Å²) in [7, 11) is 0. The SMILES string of the molecule is CC(C)NCCCCCCOc1cccc2ccccc12. The van der Waals surface area contributed by atoms with E-state index in [9.17, 15) is 0 Å². The van der Waals surface area contributed by atoms with Crippen LogP contribution in [0.5, 0.6) is 5.75 Å². The van der Waals surface area contributed by atoms with Crippen molar-refractivity contribution in [1.29, 1.82) is 0 Å². The van der Waals surface area contributed by atoms with Gasteiger partial charge >= 0.3 is 0 Å². The Labute approximate surface area is 128 Å². The third-order valence-electron chi connectivity index (χ3n) is 3.63. The lowest BCUT2D eigenvalue weighted by Crippen LogP contribution is -2.23. The van der Waals surface area contributed by atoms with Crippen LogP contribution >= 0.6 is 0 Å². The maximum atomic E-state index is 5.95. The highest BCUT2D eigenvalue weighted by Gasteiger charge is 2.00. The number of fused-ring (bicyclic) bond motifs is 1. The Morgan fingerprint density at radius 3 is 2.52 bits per heavy atom. The van der Waals surface area contributed by atoms with Gasteiger partial charge in [-0.3, -0.25) is 0 Å². The number of unbranched alkanes of at least 4 members (excludes halogenated alkanes) is 3. The molecule has 0 saturated heterocycles. The Kier molecular flexibility index (Phi) is 6.55. The van der Waals surface area contributed by atoms with Crippen LogP contribution in [-0.4, -0.2) is 19.2 Å². The molecule has 0 aromatic heterocycles. The molecule has 114 valence electrons. The lowest BCUT2D eigenvalue weighted by atomic mass is 10.1. The Morgan fingerprint density at radius 2 is 1.67 bits per heavy atom. The van der Waals surface area contributed by atoms with Gasteiger partial charge < -0.3 is 10.1 Å². The second-order valence-corrected chi connectivity index (χ2v) is 5.85. The second kappa shape index (κ2) is 8.68. The second-order valence-electron chi connectivity index (χ2n) is 5.85. The average molecular weight is 285 g/mol. The predicted molar refractivity (Wildman–Crippen MR) is 91.0 cm³/mol. The summed E-state index contributed by atoms with van der Waals surface area (Å²) in [5, 5.41) is 5.91. The molecule has 0 heterocycles. The number of nitrogens with one attached hydrogen (secondary N) is 1. The quantitative estimate of drug-likeness (QED) is 0.670. The topological polar surface area (TPSA) is 21.3 Å². The minimum atomic E-state index is 0.597. The van der Waals surface area contributed by atoms with Crippen LogP contribution in [0.15, 0.2) is 42.5 Å². The van der Waals surface area contributed by atoms with Crippen LogP contribution in [0.4, 0.5) is 0 Å². The zero-order valence-corrected chi connectivity index (χ0v) is 13.3. The van der Waals surface area contributed by atoms with Crippen molar-refractivity contribution in [1.82, 2.24) is 5.32 Å². The lowest BCUT2D eigenvalue weighted by Gasteiger charge is -2.10. The largest absolute Gasteiger partial charge is 0.493 e. The third kappa shape index (κ3) is 5.39. The maximum Gasteiger partial charge on any atom is 0.127 e. The first-order valence-electron chi connectivity index (χ1n) is 8.11. The van der Waals surface area contributed by atoms with Gasteiger partial charge in [-0.05, 0) is 30.8 Å². The van der Waals surface area contributed by atoms with Gasteiger partial charge in [0.05, 0.1) is 6.61 Å². The summed E-state index contributed by atoms with van der Waals surface area (Å²) < 4.78 is 5.95. The number of hydrogen-bond donors (Lipinski definition) is 1. The highest BCUT2D eigenvalue weighted by molar-refractivity contribution is 5.88. The van der Waals surface area contributed by atoms with Crippen molar-refractivity contribution in [3.05, 3.63) is 42.5 Å². The minimum Gasteiger partial charge on any atom is -0.493 e. The molecule has 0 fully saturated rings. The molecule has 0 aliphatic carbocycles. The molecule has 0 amide bonds. The van der Waals surface area contributed by atoms with Crippen LogP contribution in [0.2, 0.25) is 0 Å². The summed E-state index contributed by atoms with van der Waals surface area (Å²) in [6, 6.07) is 15.2. The van der Waals surface area contributed by atoms with E-state index in [0.717, 1.165) is 25.3 Å². The molecular weight excluding hydrogens is 258 g/mol. The molecule has 0 aliphatic rings. The van der Waals surface area contributed by atoms with E-state index in [1.54, 1.807) is 0 Å². The van der Waals surface area contributed by atoms with Gasteiger partial charge in [-0.1, -0.05) is 63.1 Å². The van der Waals surface area contributed by atoms with Gasteiger partial charge in [-0.15, -0.1) is 0 Å². The first kappa shape index (κ1) is 15.8. The van der Waals surface area contributed by atoms with E-state index in [1.807, 2.05) is 0 Å². The smallest absolute Gasteiger partial charge is 0.127 e. The van der Waals surface area contributed by atoms with Crippen LogP contribution in [0.1, 0.15) is 39.5 Å². The first-order valence-corrected chi connectivity index (χ1v) is 8.11. The summed E-state index contributed by atoms with van der Waals surface area (Å²) in [4.78, 5) is 0. The molecule has 0 aliphatic heterocycles. The number of ether oxygens (including phenoxy) is 1. The Bertz CT molecular complexity index is 531. The first-order chi connectivity index (χ1) is 10.3. The molecule has 21 heavy (non-hydrogen) atoms. The summed E-state index contributed by atoms with van der Waals surface area (Å²) in [6.07, 6.45) is 4.90. The molecule has 0 spiro atoms. The zero-order chi connectivity index (χ0) is 14.9. The van der Waals surface area contributed by atoms with Gasteiger partial charge in [-0.25, -0.2) is 0 Å². The predicted octanol–water partition coefficient (Wildman–Crippen LogP) is 4.78. The van der Waals surface area contributed by atoms with Crippen molar-refractivity contribution in [2.24, 2.45) is 0 Å². The number of rotatable bonds is 9. The summed E-state index contributed by atoms with van der Waals surface area (Å²) >= 11 is 0. The molecule has 0 radical (unpaired) electrons. The van der Waals surface area contributed by atoms with Gasteiger partial charge in [0.25, 0.3) is 0 Å². The van der Waals surface area contributed by atoms with Crippen LogP contribution < -0.4 is 10.1 Å². The van der Waals surface area contributed by atoms with E-state index in [0.29, 0.717) is 6.04 Å². The summed E-state index contributed by atoms with van der Waals surface area (Å²) in [6.45, 7) is 6.32. The van der Waals surface area contributed by atoms with E-state index >= 15 is 0 Å². The van der Waals surface area contributed by atoms with Crippen molar-refractivity contribution in [3.63, 3.8) is 0 Å². The van der Waals surface area contributed by atoms with Crippen molar-refractivity contribution in [3.8, 4) is 5.75 Å². The van der Waals surface area contributed by atoms with Gasteiger partial charge in [0, 0.05) is 11.4 Å². The molecule has 2 nitrogen and oxygen atoms in total. The van der Waals surface area contributed by atoms with E-state index in [-0.39, 0.29) is 0 Å². The molecule has 0 saturated carbocycles. The maximum absolute atomic E-state index is 5.95. The highest BCUT2D eigenvalue weighted by Crippen LogP contribution is 2.25. The fraction of sp³-hybridized carbons (Fsp3) is 0.474. The number of hydrogen-bond acceptors (Lipinski definition) is 2. The van der Waals surface area contributed by atoms with Crippen molar-refractivity contribution < 1.29 is 4.74 Å². The minimum absolute atomic E-state index is 0.597. The van der Waals surface area contributed by atoms with Crippen molar-refractivity contribution in [2.45, 2.75) is 45.6 Å². The Hall–Kier alpha value is -1.54. The van der Waals surface area contributed by atoms with E-state index in [2.05, 4.69) is 61.6 Å². The zero-order valence-electron chi connectivity index (χ0n) is 13.3. The third-order valence-corrected chi connectivity index (χ3v) is 3.63. The van der Waals surface area contributed by atoms with Gasteiger partial charge in [0.15, 0.2) is 0 Å². The molecule has 0 bridgehead atoms. The molecule has 2 heteroatoms. The van der Waals surface area contributed by atoms with Crippen LogP contribution in [0, 0.1) is 0 Å². The lowest BCUT2D eigenvalue weighted by molar-refractivity contribution is 0.308. The highest BCUT2D eigenvalue weighted by atomic mass is 16.5. The molecule has 0 atom stereocenters. The van der Waals surface area contributed by atoms with Crippen molar-refractivity contribution >= 4 is 10.8 Å². The van der Waals surface area contributed by atoms with Gasteiger partial charge in [0.2, 0.25) is 0 Å². The normalized spacial score (nSPS) is 11.2. The van der Waals surface area contributed by atoms with Crippen molar-refractivity contribution in [2.75, 3.05) is 13.2 Å². The van der Waals surface area contributed by atoms with Gasteiger partial charge in [0.1, 0.15) is 5.75 Å². The summed E-state index contributed by atoms with van der Waals surface area (Å²) in [5.41, 5.74) is 0. The Balaban J connectivity index is 1.66. The standard InChI is InChI=1S/C19H27NO/c1-16(2)20-14-7-3-4-8-15-21-19-13-9-11-17-10-5-6-12-18(17)19/h5-6,9-13,16,20H,3-4,7-8,14-15H2,1-2H3. The van der Waals surface area contributed by atoms with Crippen LogP contribution in [0.3, 0.4) is 0 Å². The average Bonchev–Trinajstić information content (AvgIpc) is 2.50. The molecular formula is C19H27NO. The fourth-order valence-electron chi connectivity index (χ4n) is 2.48. The van der Waals surface area contributed by atoms with E-state index in [4.69, 9.17) is 4.74 Å². The summed E-state index contributed by atoms with van der Waals surface area (Å²) in [5.74, 6) is 1.01. The molecule has 2 rings (SSSR count). The van der Waals surface area contributed by atoms with E-state index < -0.39 is 0 Å². The van der Waals surface area contributed by atoms with Crippen LogP contribution in [0.25, 0.3) is 10.8 Å². The molecule has 0 unspecified atom stereocenters. The molecule has 1 N–H and O–H groups in total. The van der Waals surface area contributed by atoms with Gasteiger partial charge in [-0.2, -0.15) is 0 Å².